The molecule has 0 aliphatic rings. The molecule has 0 aliphatic carbocycles. The van der Waals surface area contributed by atoms with Gasteiger partial charge in [0.25, 0.3) is 15.9 Å². The quantitative estimate of drug-likeness (QED) is 0.673. The van der Waals surface area contributed by atoms with Gasteiger partial charge in [-0.25, -0.2) is 12.8 Å². The fourth-order valence-electron chi connectivity index (χ4n) is 2.77. The molecule has 0 spiro atoms. The van der Waals surface area contributed by atoms with Crippen molar-refractivity contribution in [2.24, 2.45) is 0 Å². The van der Waals surface area contributed by atoms with E-state index in [4.69, 9.17) is 0 Å². The highest BCUT2D eigenvalue weighted by atomic mass is 32.2. The van der Waals surface area contributed by atoms with Gasteiger partial charge in [-0.05, 0) is 55.5 Å². The Balaban J connectivity index is 1.90. The molecule has 144 valence electrons. The van der Waals surface area contributed by atoms with E-state index in [1.54, 1.807) is 11.0 Å². The van der Waals surface area contributed by atoms with Gasteiger partial charge in [-0.15, -0.1) is 0 Å². The number of rotatable bonds is 6. The Morgan fingerprint density at radius 1 is 0.964 bits per heavy atom. The van der Waals surface area contributed by atoms with Crippen LogP contribution in [0.3, 0.4) is 0 Å². The lowest BCUT2D eigenvalue weighted by Crippen LogP contribution is -2.30. The third-order valence-corrected chi connectivity index (χ3v) is 5.48. The second-order valence-electron chi connectivity index (χ2n) is 6.03. The van der Waals surface area contributed by atoms with Gasteiger partial charge in [0.15, 0.2) is 0 Å². The molecule has 5 nitrogen and oxygen atoms in total. The van der Waals surface area contributed by atoms with Gasteiger partial charge in [-0.1, -0.05) is 30.3 Å². The van der Waals surface area contributed by atoms with Crippen molar-refractivity contribution in [1.29, 1.82) is 0 Å². The number of hydrogen-bond donors (Lipinski definition) is 1. The molecular formula is C21H19FN2O3S. The van der Waals surface area contributed by atoms with E-state index in [-0.39, 0.29) is 22.1 Å². The van der Waals surface area contributed by atoms with Crippen LogP contribution >= 0.6 is 0 Å². The molecule has 0 aliphatic heterocycles. The van der Waals surface area contributed by atoms with Gasteiger partial charge < -0.3 is 4.90 Å². The van der Waals surface area contributed by atoms with E-state index in [0.29, 0.717) is 6.54 Å². The largest absolute Gasteiger partial charge is 0.309 e. The van der Waals surface area contributed by atoms with Crippen LogP contribution in [0.15, 0.2) is 83.8 Å². The van der Waals surface area contributed by atoms with Gasteiger partial charge in [0, 0.05) is 17.8 Å². The third kappa shape index (κ3) is 4.37. The number of anilines is 2. The predicted molar refractivity (Wildman–Crippen MR) is 107 cm³/mol. The molecular weight excluding hydrogens is 379 g/mol. The van der Waals surface area contributed by atoms with E-state index in [1.165, 1.54) is 36.4 Å². The maximum Gasteiger partial charge on any atom is 0.261 e. The number of halogens is 1. The van der Waals surface area contributed by atoms with Crippen LogP contribution in [0, 0.1) is 5.82 Å². The monoisotopic (exact) mass is 398 g/mol. The van der Waals surface area contributed by atoms with Crippen molar-refractivity contribution < 1.29 is 17.6 Å². The summed E-state index contributed by atoms with van der Waals surface area (Å²) in [6.07, 6.45) is 0. The van der Waals surface area contributed by atoms with Gasteiger partial charge in [0.1, 0.15) is 5.82 Å². The van der Waals surface area contributed by atoms with Crippen LogP contribution in [0.4, 0.5) is 15.8 Å². The van der Waals surface area contributed by atoms with Crippen LogP contribution in [0.2, 0.25) is 0 Å². The SMILES string of the molecule is CCN(C(=O)c1cccc(S(=O)(=O)Nc2cccc(F)c2)c1)c1ccccc1. The minimum Gasteiger partial charge on any atom is -0.309 e. The second kappa shape index (κ2) is 8.22. The van der Waals surface area contributed by atoms with Crippen LogP contribution in [0.1, 0.15) is 17.3 Å². The van der Waals surface area contributed by atoms with Crippen molar-refractivity contribution in [1.82, 2.24) is 0 Å². The normalized spacial score (nSPS) is 11.1. The molecule has 1 amide bonds. The van der Waals surface area contributed by atoms with Gasteiger partial charge in [-0.2, -0.15) is 0 Å². The predicted octanol–water partition coefficient (Wildman–Crippen LogP) is 4.29. The minimum atomic E-state index is -3.97. The summed E-state index contributed by atoms with van der Waals surface area (Å²) in [5.41, 5.74) is 1.07. The molecule has 0 fully saturated rings. The molecule has 0 saturated carbocycles. The van der Waals surface area contributed by atoms with Crippen molar-refractivity contribution in [2.75, 3.05) is 16.2 Å². The van der Waals surface area contributed by atoms with Crippen molar-refractivity contribution >= 4 is 27.3 Å². The standard InChI is InChI=1S/C21H19FN2O3S/c1-2-24(19-11-4-3-5-12-19)21(25)16-8-6-13-20(14-16)28(26,27)23-18-10-7-9-17(22)15-18/h3-15,23H,2H2,1H3. The van der Waals surface area contributed by atoms with Crippen molar-refractivity contribution in [3.63, 3.8) is 0 Å². The topological polar surface area (TPSA) is 66.5 Å². The smallest absolute Gasteiger partial charge is 0.261 e. The highest BCUT2D eigenvalue weighted by Gasteiger charge is 2.20. The Labute approximate surface area is 163 Å². The summed E-state index contributed by atoms with van der Waals surface area (Å²) in [5, 5.41) is 0. The van der Waals surface area contributed by atoms with Gasteiger partial charge >= 0.3 is 0 Å². The summed E-state index contributed by atoms with van der Waals surface area (Å²) in [4.78, 5) is 14.4. The maximum absolute atomic E-state index is 13.3. The zero-order chi connectivity index (χ0) is 20.1. The minimum absolute atomic E-state index is 0.0771. The summed E-state index contributed by atoms with van der Waals surface area (Å²) < 4.78 is 40.9. The van der Waals surface area contributed by atoms with Crippen LogP contribution in [-0.4, -0.2) is 20.9 Å². The van der Waals surface area contributed by atoms with Crippen LogP contribution in [0.5, 0.6) is 0 Å². The average Bonchev–Trinajstić information content (AvgIpc) is 2.69. The molecule has 3 aromatic carbocycles. The van der Waals surface area contributed by atoms with E-state index in [9.17, 15) is 17.6 Å². The lowest BCUT2D eigenvalue weighted by Gasteiger charge is -2.21. The number of amides is 1. The Bertz CT molecular complexity index is 1090. The highest BCUT2D eigenvalue weighted by Crippen LogP contribution is 2.21. The number of nitrogens with one attached hydrogen (secondary N) is 1. The summed E-state index contributed by atoms with van der Waals surface area (Å²) >= 11 is 0. The first-order valence-corrected chi connectivity index (χ1v) is 10.1. The molecule has 3 aromatic rings. The average molecular weight is 398 g/mol. The maximum atomic E-state index is 13.3. The Morgan fingerprint density at radius 2 is 1.68 bits per heavy atom. The molecule has 0 aromatic heterocycles. The van der Waals surface area contributed by atoms with E-state index in [0.717, 1.165) is 11.8 Å². The molecule has 0 unspecified atom stereocenters. The number of benzene rings is 3. The number of carbonyl (C=O) groups excluding carboxylic acids is 1. The Hall–Kier alpha value is -3.19. The molecule has 1 N–H and O–H groups in total. The second-order valence-corrected chi connectivity index (χ2v) is 7.71. The zero-order valence-corrected chi connectivity index (χ0v) is 16.0. The van der Waals surface area contributed by atoms with Crippen LogP contribution in [0.25, 0.3) is 0 Å². The van der Waals surface area contributed by atoms with Crippen LogP contribution in [-0.2, 0) is 10.0 Å². The first-order chi connectivity index (χ1) is 13.4. The first kappa shape index (κ1) is 19.6. The Kier molecular flexibility index (Phi) is 5.75. The molecule has 0 saturated heterocycles. The first-order valence-electron chi connectivity index (χ1n) is 8.66. The molecule has 3 rings (SSSR count). The summed E-state index contributed by atoms with van der Waals surface area (Å²) in [6.45, 7) is 2.28. The number of para-hydroxylation sites is 1. The summed E-state index contributed by atoms with van der Waals surface area (Å²) in [7, 11) is -3.97. The molecule has 28 heavy (non-hydrogen) atoms. The van der Waals surface area contributed by atoms with Gasteiger partial charge in [0.2, 0.25) is 0 Å². The molecule has 0 atom stereocenters. The van der Waals surface area contributed by atoms with Crippen molar-refractivity contribution in [3.05, 3.63) is 90.2 Å². The van der Waals surface area contributed by atoms with E-state index in [2.05, 4.69) is 4.72 Å². The summed E-state index contributed by atoms with van der Waals surface area (Å²) in [6, 6.07) is 20.1. The molecule has 0 radical (unpaired) electrons. The number of nitrogens with zero attached hydrogens (tertiary/aromatic N) is 1. The lowest BCUT2D eigenvalue weighted by molar-refractivity contribution is 0.0988. The van der Waals surface area contributed by atoms with Crippen LogP contribution < -0.4 is 9.62 Å². The van der Waals surface area contributed by atoms with Crippen molar-refractivity contribution in [2.45, 2.75) is 11.8 Å². The zero-order valence-electron chi connectivity index (χ0n) is 15.2. The third-order valence-electron chi connectivity index (χ3n) is 4.10. The van der Waals surface area contributed by atoms with Gasteiger partial charge in [-0.3, -0.25) is 9.52 Å². The van der Waals surface area contributed by atoms with Gasteiger partial charge in [0.05, 0.1) is 10.6 Å². The Morgan fingerprint density at radius 3 is 2.36 bits per heavy atom. The number of hydrogen-bond acceptors (Lipinski definition) is 3. The summed E-state index contributed by atoms with van der Waals surface area (Å²) in [5.74, 6) is -0.859. The molecule has 0 bridgehead atoms. The molecule has 0 heterocycles. The van der Waals surface area contributed by atoms with E-state index in [1.807, 2.05) is 37.3 Å². The van der Waals surface area contributed by atoms with E-state index >= 15 is 0 Å². The molecule has 7 heteroatoms. The number of sulfonamides is 1. The lowest BCUT2D eigenvalue weighted by atomic mass is 10.2. The van der Waals surface area contributed by atoms with E-state index < -0.39 is 15.8 Å². The fourth-order valence-corrected chi connectivity index (χ4v) is 3.86. The number of carbonyl (C=O) groups is 1. The highest BCUT2D eigenvalue weighted by molar-refractivity contribution is 7.92. The fraction of sp³-hybridized carbons (Fsp3) is 0.0952. The van der Waals surface area contributed by atoms with Crippen molar-refractivity contribution in [3.8, 4) is 0 Å².